The number of fused-ring (bicyclic) bond motifs is 3. The number of likely N-dealkylation sites (tertiary alicyclic amines) is 1. The third kappa shape index (κ3) is 5.52. The van der Waals surface area contributed by atoms with Gasteiger partial charge in [0.05, 0.1) is 33.7 Å². The van der Waals surface area contributed by atoms with Crippen LogP contribution in [0.15, 0.2) is 41.0 Å². The SMILES string of the molecule is Cl.Cn1c2cc(Br)c(OCCCN3CCCCC3)cc2c2c(Nc3cc(F)cc(F)c3)nncc21. The smallest absolute Gasteiger partial charge is 0.163 e. The molecule has 3 heterocycles. The standard InChI is InChI=1S/C25H26BrF2N5O.ClH/c1-32-21-14-20(26)23(34-9-5-8-33-6-3-2-4-7-33)13-19(21)24-22(32)15-29-31-25(24)30-18-11-16(27)10-17(28)12-18;/h10-15H,2-9H2,1H3,(H,30,31);1H. The number of hydrogen-bond acceptors (Lipinski definition) is 5. The van der Waals surface area contributed by atoms with Crippen LogP contribution in [0.25, 0.3) is 21.8 Å². The molecule has 6 nitrogen and oxygen atoms in total. The highest BCUT2D eigenvalue weighted by Gasteiger charge is 2.17. The number of piperidine rings is 1. The van der Waals surface area contributed by atoms with E-state index in [1.54, 1.807) is 6.20 Å². The van der Waals surface area contributed by atoms with Gasteiger partial charge in [0.25, 0.3) is 0 Å². The Labute approximate surface area is 217 Å². The topological polar surface area (TPSA) is 55.2 Å². The quantitative estimate of drug-likeness (QED) is 0.256. The van der Waals surface area contributed by atoms with Crippen LogP contribution in [0, 0.1) is 11.6 Å². The minimum absolute atomic E-state index is 0. The molecule has 1 N–H and O–H groups in total. The van der Waals surface area contributed by atoms with Crippen molar-refractivity contribution in [2.24, 2.45) is 7.05 Å². The Kier molecular flexibility index (Phi) is 8.09. The van der Waals surface area contributed by atoms with E-state index in [4.69, 9.17) is 4.74 Å². The number of nitrogens with one attached hydrogen (secondary N) is 1. The number of nitrogens with zero attached hydrogens (tertiary/aromatic N) is 4. The third-order valence-corrected chi connectivity index (χ3v) is 6.94. The van der Waals surface area contributed by atoms with E-state index in [2.05, 4.69) is 36.3 Å². The van der Waals surface area contributed by atoms with Crippen molar-refractivity contribution in [2.75, 3.05) is 31.6 Å². The Bertz CT molecular complexity index is 1320. The predicted molar refractivity (Wildman–Crippen MR) is 141 cm³/mol. The number of aromatic nitrogens is 3. The van der Waals surface area contributed by atoms with E-state index in [1.165, 1.54) is 44.5 Å². The molecule has 1 aliphatic heterocycles. The first-order valence-electron chi connectivity index (χ1n) is 11.5. The van der Waals surface area contributed by atoms with Gasteiger partial charge in [-0.1, -0.05) is 6.42 Å². The molecule has 0 atom stereocenters. The second kappa shape index (κ2) is 11.1. The maximum absolute atomic E-state index is 13.7. The van der Waals surface area contributed by atoms with Crippen LogP contribution >= 0.6 is 28.3 Å². The van der Waals surface area contributed by atoms with Crippen molar-refractivity contribution in [3.8, 4) is 5.75 Å². The monoisotopic (exact) mass is 565 g/mol. The highest BCUT2D eigenvalue weighted by atomic mass is 79.9. The first-order valence-corrected chi connectivity index (χ1v) is 12.3. The maximum atomic E-state index is 13.7. The van der Waals surface area contributed by atoms with E-state index >= 15 is 0 Å². The predicted octanol–water partition coefficient (Wildman–Crippen LogP) is 6.58. The zero-order valence-electron chi connectivity index (χ0n) is 19.4. The highest BCUT2D eigenvalue weighted by Crippen LogP contribution is 2.38. The van der Waals surface area contributed by atoms with E-state index in [0.717, 1.165) is 51.1 Å². The first kappa shape index (κ1) is 25.6. The van der Waals surface area contributed by atoms with Gasteiger partial charge in [0.1, 0.15) is 17.4 Å². The lowest BCUT2D eigenvalue weighted by Crippen LogP contribution is -2.31. The fourth-order valence-electron chi connectivity index (χ4n) is 4.66. The number of benzene rings is 2. The zero-order chi connectivity index (χ0) is 23.7. The minimum Gasteiger partial charge on any atom is -0.492 e. The van der Waals surface area contributed by atoms with Gasteiger partial charge in [0, 0.05) is 30.7 Å². The van der Waals surface area contributed by atoms with Crippen molar-refractivity contribution in [3.05, 3.63) is 52.6 Å². The van der Waals surface area contributed by atoms with Crippen LogP contribution in [0.3, 0.4) is 0 Å². The van der Waals surface area contributed by atoms with Crippen molar-refractivity contribution < 1.29 is 13.5 Å². The molecule has 1 fully saturated rings. The molecule has 5 rings (SSSR count). The molecule has 2 aromatic heterocycles. The molecule has 0 aliphatic carbocycles. The molecular weight excluding hydrogens is 540 g/mol. The summed E-state index contributed by atoms with van der Waals surface area (Å²) in [4.78, 5) is 2.50. The second-order valence-corrected chi connectivity index (χ2v) is 9.55. The summed E-state index contributed by atoms with van der Waals surface area (Å²) in [5, 5.41) is 13.1. The van der Waals surface area contributed by atoms with Crippen molar-refractivity contribution in [3.63, 3.8) is 0 Å². The van der Waals surface area contributed by atoms with Gasteiger partial charge in [0.15, 0.2) is 5.82 Å². The van der Waals surface area contributed by atoms with Crippen molar-refractivity contribution in [1.82, 2.24) is 19.7 Å². The minimum atomic E-state index is -0.662. The third-order valence-electron chi connectivity index (χ3n) is 6.32. The summed E-state index contributed by atoms with van der Waals surface area (Å²) in [6, 6.07) is 7.29. The van der Waals surface area contributed by atoms with Crippen LogP contribution in [-0.2, 0) is 7.05 Å². The lowest BCUT2D eigenvalue weighted by molar-refractivity contribution is 0.204. The Hall–Kier alpha value is -2.49. The Morgan fingerprint density at radius 2 is 1.77 bits per heavy atom. The van der Waals surface area contributed by atoms with Gasteiger partial charge < -0.3 is 19.5 Å². The molecule has 35 heavy (non-hydrogen) atoms. The summed E-state index contributed by atoms with van der Waals surface area (Å²) in [6.45, 7) is 4.02. The molecule has 1 aliphatic rings. The molecule has 0 bridgehead atoms. The molecule has 1 saturated heterocycles. The maximum Gasteiger partial charge on any atom is 0.163 e. The van der Waals surface area contributed by atoms with Crippen LogP contribution in [0.4, 0.5) is 20.3 Å². The number of hydrogen-bond donors (Lipinski definition) is 1. The molecule has 0 radical (unpaired) electrons. The van der Waals surface area contributed by atoms with Gasteiger partial charge in [-0.2, -0.15) is 5.10 Å². The molecule has 186 valence electrons. The molecule has 4 aromatic rings. The summed E-state index contributed by atoms with van der Waals surface area (Å²) in [7, 11) is 1.95. The normalized spacial score (nSPS) is 14.3. The summed E-state index contributed by atoms with van der Waals surface area (Å²) < 4.78 is 36.5. The van der Waals surface area contributed by atoms with Gasteiger partial charge in [-0.25, -0.2) is 8.78 Å². The van der Waals surface area contributed by atoms with Crippen molar-refractivity contribution in [2.45, 2.75) is 25.7 Å². The van der Waals surface area contributed by atoms with Crippen molar-refractivity contribution >= 4 is 61.6 Å². The lowest BCUT2D eigenvalue weighted by atomic mass is 10.1. The Balaban J connectivity index is 0.00000289. The van der Waals surface area contributed by atoms with Gasteiger partial charge in [0.2, 0.25) is 0 Å². The van der Waals surface area contributed by atoms with E-state index in [9.17, 15) is 8.78 Å². The summed E-state index contributed by atoms with van der Waals surface area (Å²) in [5.74, 6) is -0.154. The van der Waals surface area contributed by atoms with Crippen LogP contribution in [0.5, 0.6) is 5.75 Å². The van der Waals surface area contributed by atoms with Crippen LogP contribution in [0.1, 0.15) is 25.7 Å². The molecule has 10 heteroatoms. The fraction of sp³-hybridized carbons (Fsp3) is 0.360. The number of rotatable bonds is 7. The van der Waals surface area contributed by atoms with E-state index in [0.29, 0.717) is 12.4 Å². The second-order valence-electron chi connectivity index (χ2n) is 8.70. The van der Waals surface area contributed by atoms with Crippen LogP contribution in [0.2, 0.25) is 0 Å². The Morgan fingerprint density at radius 3 is 2.51 bits per heavy atom. The highest BCUT2D eigenvalue weighted by molar-refractivity contribution is 9.10. The van der Waals surface area contributed by atoms with Crippen molar-refractivity contribution in [1.29, 1.82) is 0 Å². The Morgan fingerprint density at radius 1 is 1.03 bits per heavy atom. The number of halogens is 4. The number of aryl methyl sites for hydroxylation is 1. The zero-order valence-corrected chi connectivity index (χ0v) is 21.8. The molecular formula is C25H27BrClF2N5O. The van der Waals surface area contributed by atoms with E-state index in [1.807, 2.05) is 23.7 Å². The summed E-state index contributed by atoms with van der Waals surface area (Å²) in [5.41, 5.74) is 2.08. The van der Waals surface area contributed by atoms with E-state index in [-0.39, 0.29) is 18.1 Å². The molecule has 0 amide bonds. The van der Waals surface area contributed by atoms with Crippen LogP contribution < -0.4 is 10.1 Å². The molecule has 0 saturated carbocycles. The van der Waals surface area contributed by atoms with Gasteiger partial charge in [-0.15, -0.1) is 17.5 Å². The fourth-order valence-corrected chi connectivity index (χ4v) is 5.11. The summed E-state index contributed by atoms with van der Waals surface area (Å²) in [6.07, 6.45) is 6.54. The molecule has 2 aromatic carbocycles. The summed E-state index contributed by atoms with van der Waals surface area (Å²) >= 11 is 3.65. The van der Waals surface area contributed by atoms with Gasteiger partial charge in [-0.05, 0) is 72.5 Å². The largest absolute Gasteiger partial charge is 0.492 e. The molecule has 0 unspecified atom stereocenters. The average Bonchev–Trinajstić information content (AvgIpc) is 3.09. The number of ether oxygens (including phenoxy) is 1. The van der Waals surface area contributed by atoms with E-state index < -0.39 is 11.6 Å². The molecule has 0 spiro atoms. The average molecular weight is 567 g/mol. The van der Waals surface area contributed by atoms with Gasteiger partial charge >= 0.3 is 0 Å². The first-order chi connectivity index (χ1) is 16.5. The lowest BCUT2D eigenvalue weighted by Gasteiger charge is -2.26. The number of anilines is 2. The van der Waals surface area contributed by atoms with Crippen LogP contribution in [-0.4, -0.2) is 45.9 Å². The van der Waals surface area contributed by atoms with Gasteiger partial charge in [-0.3, -0.25) is 0 Å².